The molecule has 10 nitrogen and oxygen atoms in total. The van der Waals surface area contributed by atoms with Gasteiger partial charge in [-0.25, -0.2) is 0 Å². The van der Waals surface area contributed by atoms with Gasteiger partial charge in [-0.3, -0.25) is 10.2 Å². The Morgan fingerprint density at radius 3 is 2.09 bits per heavy atom. The van der Waals surface area contributed by atoms with Gasteiger partial charge in [0.15, 0.2) is 0 Å². The number of unbranched alkanes of at least 4 members (excludes halogenated alkanes) is 6. The number of alkyl halides is 3. The SMILES string of the molecule is CCCCCCO[C@H]1[C@H](OCCCCCC)[C@@H](N=[N+]=[N-])C(OC(=N)C(Cl)(Cl)Cl)O[C@@H]1COC(C)=O. The van der Waals surface area contributed by atoms with Crippen molar-refractivity contribution in [3.63, 3.8) is 0 Å². The van der Waals surface area contributed by atoms with Crippen molar-refractivity contribution >= 4 is 46.7 Å². The van der Waals surface area contributed by atoms with Crippen molar-refractivity contribution < 1.29 is 28.5 Å². The molecule has 202 valence electrons. The molecule has 1 heterocycles. The van der Waals surface area contributed by atoms with Gasteiger partial charge in [-0.2, -0.15) is 0 Å². The second-order valence-corrected chi connectivity index (χ2v) is 10.6. The Morgan fingerprint density at radius 2 is 1.60 bits per heavy atom. The number of nitrogens with zero attached hydrogens (tertiary/aromatic N) is 3. The number of carbonyl (C=O) groups is 1. The van der Waals surface area contributed by atoms with Crippen LogP contribution in [0, 0.1) is 5.41 Å². The van der Waals surface area contributed by atoms with Gasteiger partial charge in [0, 0.05) is 25.0 Å². The molecule has 0 spiro atoms. The lowest BCUT2D eigenvalue weighted by atomic mass is 9.96. The van der Waals surface area contributed by atoms with Gasteiger partial charge in [-0.05, 0) is 18.4 Å². The lowest BCUT2D eigenvalue weighted by Gasteiger charge is -2.44. The Labute approximate surface area is 222 Å². The van der Waals surface area contributed by atoms with E-state index < -0.39 is 46.3 Å². The van der Waals surface area contributed by atoms with Gasteiger partial charge in [0.25, 0.3) is 3.79 Å². The maximum absolute atomic E-state index is 11.5. The summed E-state index contributed by atoms with van der Waals surface area (Å²) in [5.74, 6) is -1.21. The molecule has 13 heteroatoms. The first-order valence-electron chi connectivity index (χ1n) is 12.0. The zero-order valence-corrected chi connectivity index (χ0v) is 22.9. The topological polar surface area (TPSA) is 136 Å². The van der Waals surface area contributed by atoms with Crippen LogP contribution in [0.3, 0.4) is 0 Å². The average molecular weight is 560 g/mol. The van der Waals surface area contributed by atoms with E-state index in [-0.39, 0.29) is 6.61 Å². The van der Waals surface area contributed by atoms with Crippen LogP contribution in [0.4, 0.5) is 0 Å². The highest BCUT2D eigenvalue weighted by molar-refractivity contribution is 6.76. The Kier molecular flexibility index (Phi) is 16.0. The molecule has 0 radical (unpaired) electrons. The Balaban J connectivity index is 3.18. The minimum Gasteiger partial charge on any atom is -0.463 e. The van der Waals surface area contributed by atoms with Crippen molar-refractivity contribution in [2.45, 2.75) is 107 Å². The number of halogens is 3. The van der Waals surface area contributed by atoms with Gasteiger partial charge in [0.1, 0.15) is 31.0 Å². The average Bonchev–Trinajstić information content (AvgIpc) is 2.79. The highest BCUT2D eigenvalue weighted by atomic mass is 35.6. The Bertz CT molecular complexity index is 691. The van der Waals surface area contributed by atoms with E-state index in [4.69, 9.17) is 63.9 Å². The number of azide groups is 1. The van der Waals surface area contributed by atoms with Crippen molar-refractivity contribution in [3.8, 4) is 0 Å². The van der Waals surface area contributed by atoms with Gasteiger partial charge in [0.05, 0.1) is 0 Å². The van der Waals surface area contributed by atoms with Crippen LogP contribution in [-0.4, -0.2) is 66.1 Å². The van der Waals surface area contributed by atoms with Crippen LogP contribution in [0.1, 0.15) is 72.1 Å². The van der Waals surface area contributed by atoms with Crippen LogP contribution >= 0.6 is 34.8 Å². The van der Waals surface area contributed by atoms with Gasteiger partial charge in [-0.15, -0.1) is 0 Å². The predicted molar refractivity (Wildman–Crippen MR) is 135 cm³/mol. The smallest absolute Gasteiger partial charge is 0.302 e. The van der Waals surface area contributed by atoms with E-state index in [1.54, 1.807) is 0 Å². The lowest BCUT2D eigenvalue weighted by Crippen LogP contribution is -2.61. The summed E-state index contributed by atoms with van der Waals surface area (Å²) in [7, 11) is 0. The van der Waals surface area contributed by atoms with Crippen molar-refractivity contribution in [2.24, 2.45) is 5.11 Å². The fourth-order valence-electron chi connectivity index (χ4n) is 3.58. The first-order chi connectivity index (χ1) is 16.6. The summed E-state index contributed by atoms with van der Waals surface area (Å²) in [6.07, 6.45) is 4.19. The number of ether oxygens (including phenoxy) is 5. The van der Waals surface area contributed by atoms with Crippen molar-refractivity contribution in [3.05, 3.63) is 10.4 Å². The molecular formula is C22H37Cl3N4O6. The molecule has 1 N–H and O–H groups in total. The quantitative estimate of drug-likeness (QED) is 0.0347. The van der Waals surface area contributed by atoms with Crippen LogP contribution in [0.2, 0.25) is 0 Å². The number of hydrogen-bond acceptors (Lipinski definition) is 8. The van der Waals surface area contributed by atoms with E-state index in [0.717, 1.165) is 51.4 Å². The number of carbonyl (C=O) groups excluding carboxylic acids is 1. The van der Waals surface area contributed by atoms with Crippen molar-refractivity contribution in [1.29, 1.82) is 5.41 Å². The fraction of sp³-hybridized carbons (Fsp3) is 0.909. The van der Waals surface area contributed by atoms with Crippen molar-refractivity contribution in [2.75, 3.05) is 19.8 Å². The highest BCUT2D eigenvalue weighted by Gasteiger charge is 2.50. The van der Waals surface area contributed by atoms with E-state index in [1.807, 2.05) is 0 Å². The van der Waals surface area contributed by atoms with E-state index in [1.165, 1.54) is 6.92 Å². The highest BCUT2D eigenvalue weighted by Crippen LogP contribution is 2.34. The summed E-state index contributed by atoms with van der Waals surface area (Å²) in [6, 6.07) is -1.05. The Hall–Kier alpha value is -1.00. The minimum absolute atomic E-state index is 0.158. The van der Waals surface area contributed by atoms with Crippen LogP contribution in [0.15, 0.2) is 5.11 Å². The van der Waals surface area contributed by atoms with Crippen LogP contribution in [-0.2, 0) is 28.5 Å². The molecule has 5 atom stereocenters. The molecule has 1 unspecified atom stereocenters. The van der Waals surface area contributed by atoms with Crippen LogP contribution in [0.5, 0.6) is 0 Å². The van der Waals surface area contributed by atoms with Crippen molar-refractivity contribution in [1.82, 2.24) is 0 Å². The fourth-order valence-corrected chi connectivity index (χ4v) is 3.71. The van der Waals surface area contributed by atoms with E-state index in [2.05, 4.69) is 23.9 Å². The molecule has 1 aliphatic heterocycles. The van der Waals surface area contributed by atoms with E-state index in [0.29, 0.717) is 13.2 Å². The molecular weight excluding hydrogens is 523 g/mol. The molecule has 0 bridgehead atoms. The van der Waals surface area contributed by atoms with E-state index >= 15 is 0 Å². The summed E-state index contributed by atoms with van der Waals surface area (Å²) in [5, 5.41) is 11.8. The second-order valence-electron chi connectivity index (χ2n) is 8.28. The molecule has 0 aliphatic carbocycles. The molecule has 1 rings (SSSR count). The Morgan fingerprint density at radius 1 is 1.03 bits per heavy atom. The first-order valence-corrected chi connectivity index (χ1v) is 13.2. The van der Waals surface area contributed by atoms with Gasteiger partial charge in [-0.1, -0.05) is 92.3 Å². The largest absolute Gasteiger partial charge is 0.463 e. The third kappa shape index (κ3) is 12.2. The molecule has 1 fully saturated rings. The number of rotatable bonds is 16. The zero-order chi connectivity index (χ0) is 26.3. The van der Waals surface area contributed by atoms with E-state index in [9.17, 15) is 10.3 Å². The summed E-state index contributed by atoms with van der Waals surface area (Å²) in [5.41, 5.74) is 9.24. The summed E-state index contributed by atoms with van der Waals surface area (Å²) >= 11 is 17.3. The third-order valence-corrected chi connectivity index (χ3v) is 5.87. The standard InChI is InChI=1S/C22H37Cl3N4O6/c1-4-6-8-10-12-31-18-16(14-33-15(3)30)34-20(35-21(26)22(23,24)25)17(28-29-27)19(18)32-13-11-9-7-5-2/h16-20,26H,4-14H2,1-3H3/t16-,17-,18-,19-,20?/m1/s1. The van der Waals surface area contributed by atoms with Gasteiger partial charge in [0.2, 0.25) is 12.2 Å². The maximum Gasteiger partial charge on any atom is 0.302 e. The summed E-state index contributed by atoms with van der Waals surface area (Å²) < 4.78 is 26.8. The molecule has 0 aromatic rings. The summed E-state index contributed by atoms with van der Waals surface area (Å²) in [6.45, 7) is 6.15. The normalized spacial score (nSPS) is 24.5. The monoisotopic (exact) mass is 558 g/mol. The predicted octanol–water partition coefficient (Wildman–Crippen LogP) is 6.25. The molecule has 35 heavy (non-hydrogen) atoms. The van der Waals surface area contributed by atoms with Crippen LogP contribution < -0.4 is 0 Å². The maximum atomic E-state index is 11.5. The molecule has 0 aromatic carbocycles. The van der Waals surface area contributed by atoms with Gasteiger partial charge >= 0.3 is 5.97 Å². The number of hydrogen-bond donors (Lipinski definition) is 1. The molecule has 1 aliphatic rings. The first kappa shape index (κ1) is 32.0. The minimum atomic E-state index is -2.15. The van der Waals surface area contributed by atoms with Crippen LogP contribution in [0.25, 0.3) is 10.4 Å². The number of nitrogens with one attached hydrogen (secondary N) is 1. The second kappa shape index (κ2) is 17.5. The number of esters is 1. The molecule has 0 aromatic heterocycles. The third-order valence-electron chi connectivity index (χ3n) is 5.36. The molecule has 1 saturated heterocycles. The molecule has 0 amide bonds. The zero-order valence-electron chi connectivity index (χ0n) is 20.6. The summed E-state index contributed by atoms with van der Waals surface area (Å²) in [4.78, 5) is 14.4. The lowest BCUT2D eigenvalue weighted by molar-refractivity contribution is -0.264. The van der Waals surface area contributed by atoms with Gasteiger partial charge < -0.3 is 23.7 Å². The molecule has 0 saturated carbocycles.